The number of aryl methyl sites for hydroxylation is 3. The molecule has 2 aromatic carbocycles. The van der Waals surface area contributed by atoms with Crippen molar-refractivity contribution < 1.29 is 28.4 Å². The van der Waals surface area contributed by atoms with Gasteiger partial charge in [-0.2, -0.15) is 0 Å². The maximum Gasteiger partial charge on any atom is 0.375 e. The van der Waals surface area contributed by atoms with Crippen molar-refractivity contribution in [3.05, 3.63) is 62.9 Å². The molecule has 30 heavy (non-hydrogen) atoms. The maximum atomic E-state index is 12.4. The first-order chi connectivity index (χ1) is 14.2. The normalized spacial score (nSPS) is 10.7. The lowest BCUT2D eigenvalue weighted by Gasteiger charge is -2.09. The summed E-state index contributed by atoms with van der Waals surface area (Å²) in [4.78, 5) is 35.2. The molecule has 0 spiro atoms. The Morgan fingerprint density at radius 2 is 1.83 bits per heavy atom. The van der Waals surface area contributed by atoms with Gasteiger partial charge in [0.15, 0.2) is 6.61 Å². The highest BCUT2D eigenvalue weighted by molar-refractivity contribution is 5.99. The molecule has 0 radical (unpaired) electrons. The quantitative estimate of drug-likeness (QED) is 0.368. The summed E-state index contributed by atoms with van der Waals surface area (Å²) in [7, 11) is 1.53. The van der Waals surface area contributed by atoms with E-state index in [1.807, 2.05) is 0 Å². The zero-order valence-corrected chi connectivity index (χ0v) is 16.9. The fourth-order valence-electron chi connectivity index (χ4n) is 2.96. The lowest BCUT2D eigenvalue weighted by Crippen LogP contribution is -2.21. The van der Waals surface area contributed by atoms with Crippen LogP contribution < -0.4 is 10.1 Å². The van der Waals surface area contributed by atoms with Crippen molar-refractivity contribution in [2.75, 3.05) is 19.0 Å². The number of anilines is 1. The smallest absolute Gasteiger partial charge is 0.375 e. The highest BCUT2D eigenvalue weighted by atomic mass is 16.6. The van der Waals surface area contributed by atoms with Crippen molar-refractivity contribution in [1.82, 2.24) is 0 Å². The van der Waals surface area contributed by atoms with Gasteiger partial charge in [0.2, 0.25) is 5.76 Å². The summed E-state index contributed by atoms with van der Waals surface area (Å²) in [6, 6.07) is 7.98. The van der Waals surface area contributed by atoms with E-state index in [0.29, 0.717) is 22.3 Å². The van der Waals surface area contributed by atoms with Gasteiger partial charge in [0.05, 0.1) is 12.0 Å². The van der Waals surface area contributed by atoms with Gasteiger partial charge in [-0.1, -0.05) is 0 Å². The summed E-state index contributed by atoms with van der Waals surface area (Å²) in [6.45, 7) is 4.58. The Hall–Kier alpha value is -3.88. The van der Waals surface area contributed by atoms with Crippen molar-refractivity contribution in [3.63, 3.8) is 0 Å². The SMILES string of the molecule is COc1ccc2oc(C(=O)OCC(=O)Nc3cc(C)c(C)cc3[N+](=O)[O-])c(C)c2c1. The topological polar surface area (TPSA) is 121 Å². The monoisotopic (exact) mass is 412 g/mol. The first-order valence-corrected chi connectivity index (χ1v) is 9.01. The number of nitrogens with zero attached hydrogens (tertiary/aromatic N) is 1. The minimum Gasteiger partial charge on any atom is -0.497 e. The minimum absolute atomic E-state index is 0.0248. The second-order valence-corrected chi connectivity index (χ2v) is 6.75. The number of benzene rings is 2. The van der Waals surface area contributed by atoms with Gasteiger partial charge in [-0.15, -0.1) is 0 Å². The number of nitrogens with one attached hydrogen (secondary N) is 1. The molecule has 0 saturated carbocycles. The van der Waals surface area contributed by atoms with E-state index < -0.39 is 23.4 Å². The molecule has 0 fully saturated rings. The van der Waals surface area contributed by atoms with Crippen LogP contribution in [0.3, 0.4) is 0 Å². The molecule has 0 atom stereocenters. The van der Waals surface area contributed by atoms with Crippen molar-refractivity contribution >= 4 is 34.2 Å². The molecule has 1 heterocycles. The Labute approximate surface area is 171 Å². The van der Waals surface area contributed by atoms with Gasteiger partial charge in [0.25, 0.3) is 11.6 Å². The van der Waals surface area contributed by atoms with Gasteiger partial charge in [-0.3, -0.25) is 14.9 Å². The number of furan rings is 1. The van der Waals surface area contributed by atoms with Crippen LogP contribution in [0.2, 0.25) is 0 Å². The van der Waals surface area contributed by atoms with Crippen LogP contribution in [0.25, 0.3) is 11.0 Å². The number of ether oxygens (including phenoxy) is 2. The van der Waals surface area contributed by atoms with Crippen LogP contribution >= 0.6 is 0 Å². The fraction of sp³-hybridized carbons (Fsp3) is 0.238. The van der Waals surface area contributed by atoms with Crippen molar-refractivity contribution in [3.8, 4) is 5.75 Å². The van der Waals surface area contributed by atoms with Gasteiger partial charge in [-0.25, -0.2) is 4.79 Å². The first-order valence-electron chi connectivity index (χ1n) is 9.01. The van der Waals surface area contributed by atoms with E-state index in [4.69, 9.17) is 13.9 Å². The lowest BCUT2D eigenvalue weighted by molar-refractivity contribution is -0.384. The van der Waals surface area contributed by atoms with Crippen LogP contribution in [-0.4, -0.2) is 30.5 Å². The molecular formula is C21H20N2O7. The van der Waals surface area contributed by atoms with Crippen LogP contribution in [0.15, 0.2) is 34.7 Å². The zero-order chi connectivity index (χ0) is 22.0. The second-order valence-electron chi connectivity index (χ2n) is 6.75. The van der Waals surface area contributed by atoms with E-state index in [1.165, 1.54) is 19.2 Å². The molecule has 1 aromatic heterocycles. The number of carbonyl (C=O) groups excluding carboxylic acids is 2. The zero-order valence-electron chi connectivity index (χ0n) is 16.9. The first kappa shape index (κ1) is 20.8. The minimum atomic E-state index is -0.813. The van der Waals surface area contributed by atoms with Gasteiger partial charge in [-0.05, 0) is 56.2 Å². The Morgan fingerprint density at radius 3 is 2.50 bits per heavy atom. The number of carbonyl (C=O) groups is 2. The molecule has 1 amide bonds. The fourth-order valence-corrected chi connectivity index (χ4v) is 2.96. The molecule has 156 valence electrons. The molecule has 0 unspecified atom stereocenters. The Kier molecular flexibility index (Phi) is 5.72. The van der Waals surface area contributed by atoms with Gasteiger partial charge in [0, 0.05) is 17.0 Å². The molecule has 3 aromatic rings. The Morgan fingerprint density at radius 1 is 1.13 bits per heavy atom. The van der Waals surface area contributed by atoms with Crippen molar-refractivity contribution in [2.24, 2.45) is 0 Å². The number of amides is 1. The standard InChI is InChI=1S/C21H20N2O7/c1-11-7-16(17(23(26)27)8-12(11)2)22-19(24)10-29-21(25)20-13(3)15-9-14(28-4)5-6-18(15)30-20/h5-9H,10H2,1-4H3,(H,22,24). The van der Waals surface area contributed by atoms with Crippen LogP contribution in [0.4, 0.5) is 11.4 Å². The largest absolute Gasteiger partial charge is 0.497 e. The molecule has 0 bridgehead atoms. The number of nitro groups is 1. The van der Waals surface area contributed by atoms with E-state index in [1.54, 1.807) is 39.0 Å². The molecule has 0 saturated heterocycles. The highest BCUT2D eigenvalue weighted by Crippen LogP contribution is 2.30. The van der Waals surface area contributed by atoms with Crippen LogP contribution in [0, 0.1) is 30.9 Å². The summed E-state index contributed by atoms with van der Waals surface area (Å²) >= 11 is 0. The maximum absolute atomic E-state index is 12.4. The molecule has 3 rings (SSSR count). The summed E-state index contributed by atoms with van der Waals surface area (Å²) in [6.07, 6.45) is 0. The van der Waals surface area contributed by atoms with Gasteiger partial charge in [0.1, 0.15) is 17.0 Å². The van der Waals surface area contributed by atoms with Crippen molar-refractivity contribution in [1.29, 1.82) is 0 Å². The Balaban J connectivity index is 1.72. The van der Waals surface area contributed by atoms with Crippen molar-refractivity contribution in [2.45, 2.75) is 20.8 Å². The Bertz CT molecular complexity index is 1160. The summed E-state index contributed by atoms with van der Waals surface area (Å²) < 4.78 is 15.7. The molecule has 1 N–H and O–H groups in total. The van der Waals surface area contributed by atoms with Gasteiger partial charge < -0.3 is 19.2 Å². The van der Waals surface area contributed by atoms with Gasteiger partial charge >= 0.3 is 5.97 Å². The molecule has 0 aliphatic carbocycles. The van der Waals surface area contributed by atoms with E-state index in [-0.39, 0.29) is 17.1 Å². The van der Waals surface area contributed by atoms with Crippen LogP contribution in [-0.2, 0) is 9.53 Å². The second kappa shape index (κ2) is 8.24. The number of hydrogen-bond acceptors (Lipinski definition) is 7. The predicted octanol–water partition coefficient (Wildman–Crippen LogP) is 4.07. The highest BCUT2D eigenvalue weighted by Gasteiger charge is 2.22. The average Bonchev–Trinajstić information content (AvgIpc) is 3.04. The average molecular weight is 412 g/mol. The third-order valence-electron chi connectivity index (χ3n) is 4.75. The summed E-state index contributed by atoms with van der Waals surface area (Å²) in [5, 5.41) is 14.3. The number of rotatable bonds is 6. The van der Waals surface area contributed by atoms with E-state index >= 15 is 0 Å². The summed E-state index contributed by atoms with van der Waals surface area (Å²) in [5.41, 5.74) is 2.34. The third-order valence-corrected chi connectivity index (χ3v) is 4.75. The number of hydrogen-bond donors (Lipinski definition) is 1. The number of nitro benzene ring substituents is 1. The predicted molar refractivity (Wildman–Crippen MR) is 109 cm³/mol. The molecule has 0 aliphatic rings. The van der Waals surface area contributed by atoms with E-state index in [0.717, 1.165) is 11.1 Å². The molecular weight excluding hydrogens is 392 g/mol. The summed E-state index contributed by atoms with van der Waals surface area (Å²) in [5.74, 6) is -0.929. The van der Waals surface area contributed by atoms with Crippen LogP contribution in [0.5, 0.6) is 5.75 Å². The lowest BCUT2D eigenvalue weighted by atomic mass is 10.1. The number of methoxy groups -OCH3 is 1. The number of esters is 1. The molecule has 9 nitrogen and oxygen atoms in total. The number of fused-ring (bicyclic) bond motifs is 1. The van der Waals surface area contributed by atoms with Crippen LogP contribution in [0.1, 0.15) is 27.2 Å². The third kappa shape index (κ3) is 4.09. The molecule has 0 aliphatic heterocycles. The van der Waals surface area contributed by atoms with E-state index in [2.05, 4.69) is 5.32 Å². The van der Waals surface area contributed by atoms with E-state index in [9.17, 15) is 19.7 Å². The molecule has 9 heteroatoms.